The molecule has 0 N–H and O–H groups in total. The highest BCUT2D eigenvalue weighted by Crippen LogP contribution is 2.35. The van der Waals surface area contributed by atoms with Gasteiger partial charge in [-0.2, -0.15) is 8.78 Å². The van der Waals surface area contributed by atoms with Gasteiger partial charge in [-0.1, -0.05) is 53.1 Å². The quantitative estimate of drug-likeness (QED) is 0.471. The fraction of sp³-hybridized carbons (Fsp3) is 0.714. The van der Waals surface area contributed by atoms with Crippen molar-refractivity contribution in [1.29, 1.82) is 0 Å². The molecule has 17 heavy (non-hydrogen) atoms. The van der Waals surface area contributed by atoms with E-state index in [1.165, 1.54) is 0 Å². The summed E-state index contributed by atoms with van der Waals surface area (Å²) >= 11 is 0. The molecule has 0 saturated carbocycles. The van der Waals surface area contributed by atoms with Crippen molar-refractivity contribution in [3.8, 4) is 11.5 Å². The summed E-state index contributed by atoms with van der Waals surface area (Å²) in [4.78, 5) is 0. The van der Waals surface area contributed by atoms with Crippen molar-refractivity contribution in [2.45, 2.75) is 65.1 Å². The van der Waals surface area contributed by atoms with Crippen molar-refractivity contribution in [3.63, 3.8) is 0 Å². The Bertz CT molecular complexity index is 333. The molecule has 0 aromatic rings. The van der Waals surface area contributed by atoms with E-state index in [2.05, 4.69) is 45.3 Å². The van der Waals surface area contributed by atoms with Gasteiger partial charge in [0.2, 0.25) is 0 Å². The Kier molecular flexibility index (Phi) is 6.11. The van der Waals surface area contributed by atoms with Gasteiger partial charge < -0.3 is 0 Å². The number of unbranched alkanes of at least 4 members (excludes halogenated alkanes) is 1. The predicted molar refractivity (Wildman–Crippen MR) is 73.7 cm³/mol. The fourth-order valence-corrected chi connectivity index (χ4v) is 1.82. The number of rotatable bonds is 3. The molecule has 98 valence electrons. The lowest BCUT2D eigenvalue weighted by molar-refractivity contribution is 0.411. The summed E-state index contributed by atoms with van der Waals surface area (Å²) in [6, 6.07) is 0. The van der Waals surface area contributed by atoms with E-state index in [1.807, 2.05) is 6.92 Å². The van der Waals surface area contributed by atoms with Gasteiger partial charge >= 0.3 is 0 Å². The molecule has 0 aromatic heterocycles. The van der Waals surface area contributed by atoms with Crippen LogP contribution in [0.2, 0.25) is 18.1 Å². The molecule has 0 spiro atoms. The molecule has 3 heteroatoms. The molecule has 0 radical (unpaired) electrons. The van der Waals surface area contributed by atoms with Crippen molar-refractivity contribution in [1.82, 2.24) is 0 Å². The normalized spacial score (nSPS) is 11.8. The van der Waals surface area contributed by atoms with Gasteiger partial charge in [-0.3, -0.25) is 0 Å². The van der Waals surface area contributed by atoms with Gasteiger partial charge in [-0.05, 0) is 17.9 Å². The van der Waals surface area contributed by atoms with Crippen molar-refractivity contribution < 1.29 is 8.78 Å². The van der Waals surface area contributed by atoms with E-state index >= 15 is 0 Å². The van der Waals surface area contributed by atoms with Gasteiger partial charge in [0, 0.05) is 0 Å². The number of halogens is 2. The topological polar surface area (TPSA) is 0 Å². The van der Waals surface area contributed by atoms with Crippen LogP contribution < -0.4 is 0 Å². The van der Waals surface area contributed by atoms with Crippen LogP contribution in [0.5, 0.6) is 0 Å². The summed E-state index contributed by atoms with van der Waals surface area (Å²) in [6.45, 7) is 12.7. The zero-order chi connectivity index (χ0) is 13.7. The zero-order valence-electron chi connectivity index (χ0n) is 11.9. The number of hydrogen-bond donors (Lipinski definition) is 0. The highest BCUT2D eigenvalue weighted by molar-refractivity contribution is 6.87. The smallest absolute Gasteiger partial charge is 0.172 e. The van der Waals surface area contributed by atoms with Crippen LogP contribution in [-0.4, -0.2) is 8.07 Å². The van der Waals surface area contributed by atoms with Crippen LogP contribution in [0.15, 0.2) is 11.7 Å². The van der Waals surface area contributed by atoms with Crippen LogP contribution in [0.4, 0.5) is 8.78 Å². The molecule has 0 heterocycles. The SMILES string of the molecule is CCCCC(C#C[Si](C)(C)C(C)(C)C)=C(F)F. The Hall–Kier alpha value is -0.623. The van der Waals surface area contributed by atoms with Crippen molar-refractivity contribution in [2.75, 3.05) is 0 Å². The molecule has 0 rings (SSSR count). The van der Waals surface area contributed by atoms with Gasteiger partial charge in [0.05, 0.1) is 5.57 Å². The summed E-state index contributed by atoms with van der Waals surface area (Å²) in [7, 11) is -1.78. The monoisotopic (exact) mass is 258 g/mol. The van der Waals surface area contributed by atoms with E-state index in [0.717, 1.165) is 12.8 Å². The minimum atomic E-state index is -1.78. The first-order chi connectivity index (χ1) is 7.62. The Labute approximate surface area is 106 Å². The molecule has 0 fully saturated rings. The molecule has 0 amide bonds. The van der Waals surface area contributed by atoms with Crippen LogP contribution in [0, 0.1) is 11.5 Å². The van der Waals surface area contributed by atoms with Gasteiger partial charge in [-0.25, -0.2) is 0 Å². The maximum atomic E-state index is 12.7. The summed E-state index contributed by atoms with van der Waals surface area (Å²) < 4.78 is 25.4. The van der Waals surface area contributed by atoms with Crippen LogP contribution in [0.25, 0.3) is 0 Å². The molecule has 0 bridgehead atoms. The lowest BCUT2D eigenvalue weighted by Gasteiger charge is -2.31. The largest absolute Gasteiger partial charge is 0.281 e. The third kappa shape index (κ3) is 5.50. The molecule has 0 aromatic carbocycles. The predicted octanol–water partition coefficient (Wildman–Crippen LogP) is 5.38. The van der Waals surface area contributed by atoms with E-state index in [-0.39, 0.29) is 10.6 Å². The minimum Gasteiger partial charge on any atom is -0.172 e. The Morgan fingerprint density at radius 1 is 1.18 bits per heavy atom. The van der Waals surface area contributed by atoms with Crippen LogP contribution >= 0.6 is 0 Å². The second kappa shape index (κ2) is 6.35. The average molecular weight is 258 g/mol. The molecular formula is C14H24F2Si. The van der Waals surface area contributed by atoms with E-state index in [9.17, 15) is 8.78 Å². The minimum absolute atomic E-state index is 0.0386. The Balaban J connectivity index is 4.98. The third-order valence-corrected chi connectivity index (χ3v) is 7.91. The van der Waals surface area contributed by atoms with Gasteiger partial charge in [0.1, 0.15) is 8.07 Å². The molecule has 0 saturated heterocycles. The van der Waals surface area contributed by atoms with E-state index in [0.29, 0.717) is 6.42 Å². The van der Waals surface area contributed by atoms with Crippen LogP contribution in [0.1, 0.15) is 47.0 Å². The van der Waals surface area contributed by atoms with Crippen LogP contribution in [-0.2, 0) is 0 Å². The Morgan fingerprint density at radius 2 is 1.71 bits per heavy atom. The maximum absolute atomic E-state index is 12.7. The molecule has 0 aliphatic rings. The third-order valence-electron chi connectivity index (χ3n) is 3.41. The lowest BCUT2D eigenvalue weighted by Crippen LogP contribution is -2.35. The second-order valence-corrected chi connectivity index (χ2v) is 11.0. The lowest BCUT2D eigenvalue weighted by atomic mass is 10.1. The first-order valence-corrected chi connectivity index (χ1v) is 9.19. The molecule has 0 aliphatic heterocycles. The standard InChI is InChI=1S/C14H24F2Si/c1-7-8-9-12(13(15)16)10-11-17(5,6)14(2,3)4/h7-9H2,1-6H3. The molecule has 0 unspecified atom stereocenters. The maximum Gasteiger partial charge on any atom is 0.281 e. The second-order valence-electron chi connectivity index (χ2n) is 5.97. The van der Waals surface area contributed by atoms with Gasteiger partial charge in [0.25, 0.3) is 6.08 Å². The summed E-state index contributed by atoms with van der Waals surface area (Å²) in [5.41, 5.74) is 3.18. The fourth-order valence-electron chi connectivity index (χ4n) is 0.977. The molecule has 0 nitrogen and oxygen atoms in total. The first kappa shape index (κ1) is 16.4. The highest BCUT2D eigenvalue weighted by Gasteiger charge is 2.33. The first-order valence-electron chi connectivity index (χ1n) is 6.19. The number of hydrogen-bond acceptors (Lipinski definition) is 0. The average Bonchev–Trinajstić information content (AvgIpc) is 2.15. The molecular weight excluding hydrogens is 234 g/mol. The van der Waals surface area contributed by atoms with E-state index < -0.39 is 14.2 Å². The van der Waals surface area contributed by atoms with E-state index in [4.69, 9.17) is 0 Å². The summed E-state index contributed by atoms with van der Waals surface area (Å²) in [5, 5.41) is 0.114. The van der Waals surface area contributed by atoms with Gasteiger partial charge in [-0.15, -0.1) is 5.54 Å². The van der Waals surface area contributed by atoms with Crippen molar-refractivity contribution in [2.24, 2.45) is 0 Å². The Morgan fingerprint density at radius 3 is 2.06 bits per heavy atom. The molecule has 0 atom stereocenters. The highest BCUT2D eigenvalue weighted by atomic mass is 28.3. The summed E-state index contributed by atoms with van der Waals surface area (Å²) in [5.74, 6) is 2.74. The molecule has 0 aliphatic carbocycles. The summed E-state index contributed by atoms with van der Waals surface area (Å²) in [6.07, 6.45) is 0.488. The van der Waals surface area contributed by atoms with Gasteiger partial charge in [0.15, 0.2) is 0 Å². The van der Waals surface area contributed by atoms with Crippen molar-refractivity contribution in [3.05, 3.63) is 11.7 Å². The van der Waals surface area contributed by atoms with E-state index in [1.54, 1.807) is 0 Å². The van der Waals surface area contributed by atoms with Crippen molar-refractivity contribution >= 4 is 8.07 Å². The zero-order valence-corrected chi connectivity index (χ0v) is 12.9. The van der Waals surface area contributed by atoms with Crippen LogP contribution in [0.3, 0.4) is 0 Å². The number of allylic oxidation sites excluding steroid dienone is 1.